The van der Waals surface area contributed by atoms with Crippen LogP contribution >= 0.6 is 0 Å². The Hall–Kier alpha value is -1.45. The van der Waals surface area contributed by atoms with Crippen LogP contribution in [-0.2, 0) is 9.59 Å². The van der Waals surface area contributed by atoms with Crippen molar-refractivity contribution in [2.75, 3.05) is 0 Å². The van der Waals surface area contributed by atoms with Crippen molar-refractivity contribution in [1.29, 1.82) is 0 Å². The molecule has 16 heavy (non-hydrogen) atoms. The number of nitrogens with one attached hydrogen (secondary N) is 1. The van der Waals surface area contributed by atoms with E-state index in [0.29, 0.717) is 0 Å². The van der Waals surface area contributed by atoms with Crippen LogP contribution in [-0.4, -0.2) is 11.8 Å². The van der Waals surface area contributed by atoms with Gasteiger partial charge in [-0.1, -0.05) is 12.2 Å². The molecule has 4 heteroatoms. The van der Waals surface area contributed by atoms with Crippen molar-refractivity contribution in [3.63, 3.8) is 0 Å². The Morgan fingerprint density at radius 2 is 1.56 bits per heavy atom. The minimum absolute atomic E-state index is 0.0194. The van der Waals surface area contributed by atoms with E-state index in [2.05, 4.69) is 5.32 Å². The maximum absolute atomic E-state index is 13.4. The monoisotopic (exact) mass is 219 g/mol. The fourth-order valence-electron chi connectivity index (χ4n) is 3.90. The van der Waals surface area contributed by atoms with Gasteiger partial charge in [0.05, 0.1) is 11.8 Å². The van der Waals surface area contributed by atoms with Crippen LogP contribution in [0.5, 0.6) is 0 Å². The smallest absolute Gasteiger partial charge is 0.231 e. The Balaban J connectivity index is 1.86. The van der Waals surface area contributed by atoms with Crippen molar-refractivity contribution in [3.05, 3.63) is 24.1 Å². The Morgan fingerprint density at radius 3 is 2.25 bits per heavy atom. The van der Waals surface area contributed by atoms with Crippen LogP contribution in [0.4, 0.5) is 4.39 Å². The fraction of sp³-hybridized carbons (Fsp3) is 0.500. The summed E-state index contributed by atoms with van der Waals surface area (Å²) in [5, 5.41) is 2.38. The number of hydrogen-bond acceptors (Lipinski definition) is 2. The van der Waals surface area contributed by atoms with Crippen LogP contribution in [0.25, 0.3) is 0 Å². The molecule has 0 spiro atoms. The van der Waals surface area contributed by atoms with Crippen molar-refractivity contribution < 1.29 is 14.0 Å². The van der Waals surface area contributed by atoms with Crippen molar-refractivity contribution >= 4 is 11.8 Å². The van der Waals surface area contributed by atoms with Crippen molar-refractivity contribution in [1.82, 2.24) is 5.32 Å². The predicted octanol–water partition coefficient (Wildman–Crippen LogP) is 0.790. The van der Waals surface area contributed by atoms with Gasteiger partial charge in [-0.15, -0.1) is 0 Å². The first-order valence-corrected chi connectivity index (χ1v) is 5.59. The molecular formula is C12H10FNO2. The number of allylic oxidation sites excluding steroid dienone is 4. The molecular weight excluding hydrogens is 209 g/mol. The molecule has 1 saturated carbocycles. The minimum Gasteiger partial charge on any atom is -0.296 e. The van der Waals surface area contributed by atoms with E-state index < -0.39 is 0 Å². The lowest BCUT2D eigenvalue weighted by atomic mass is 9.50. The van der Waals surface area contributed by atoms with E-state index in [-0.39, 0.29) is 53.1 Å². The third-order valence-electron chi connectivity index (χ3n) is 4.57. The maximum Gasteiger partial charge on any atom is 0.231 e. The lowest BCUT2D eigenvalue weighted by molar-refractivity contribution is -0.128. The van der Waals surface area contributed by atoms with Crippen LogP contribution < -0.4 is 5.32 Å². The highest BCUT2D eigenvalue weighted by molar-refractivity contribution is 6.06. The van der Waals surface area contributed by atoms with E-state index in [0.717, 1.165) is 0 Å². The molecule has 2 amide bonds. The van der Waals surface area contributed by atoms with Crippen molar-refractivity contribution in [2.45, 2.75) is 0 Å². The average Bonchev–Trinajstić information content (AvgIpc) is 2.54. The maximum atomic E-state index is 13.4. The van der Waals surface area contributed by atoms with Gasteiger partial charge in [0.25, 0.3) is 0 Å². The Kier molecular flexibility index (Phi) is 1.32. The number of carbonyl (C=O) groups is 2. The van der Waals surface area contributed by atoms with E-state index in [1.807, 2.05) is 12.2 Å². The Bertz CT molecular complexity index is 481. The number of amides is 2. The number of rotatable bonds is 0. The highest BCUT2D eigenvalue weighted by Gasteiger charge is 2.62. The molecule has 4 aliphatic carbocycles. The summed E-state index contributed by atoms with van der Waals surface area (Å²) >= 11 is 0. The molecule has 1 saturated heterocycles. The number of imide groups is 1. The van der Waals surface area contributed by atoms with E-state index in [9.17, 15) is 14.0 Å². The van der Waals surface area contributed by atoms with Gasteiger partial charge in [0.1, 0.15) is 5.83 Å². The van der Waals surface area contributed by atoms with Gasteiger partial charge in [0.2, 0.25) is 11.8 Å². The Labute approximate surface area is 91.4 Å². The van der Waals surface area contributed by atoms with Gasteiger partial charge in [-0.05, 0) is 23.8 Å². The summed E-state index contributed by atoms with van der Waals surface area (Å²) in [6.45, 7) is 0. The van der Waals surface area contributed by atoms with Crippen LogP contribution in [0.2, 0.25) is 0 Å². The molecule has 0 aromatic rings. The molecule has 1 aliphatic heterocycles. The highest BCUT2D eigenvalue weighted by atomic mass is 19.1. The molecule has 0 aromatic heterocycles. The molecule has 5 aliphatic rings. The standard InChI is InChI=1S/C12H10FNO2/c13-7-3-6-4-1-2-5(8(6)7)10-9(4)11(15)14-12(10)16/h1-6,8-10H,(H,14,15,16)/t4-,5-,6-,8-,9-,10+/m0/s1. The summed E-state index contributed by atoms with van der Waals surface area (Å²) in [4.78, 5) is 23.4. The first-order chi connectivity index (χ1) is 7.68. The number of carbonyl (C=O) groups excluding carboxylic acids is 2. The van der Waals surface area contributed by atoms with Crippen LogP contribution in [0, 0.1) is 35.5 Å². The number of halogens is 1. The summed E-state index contributed by atoms with van der Waals surface area (Å²) in [6, 6.07) is 0. The SMILES string of the molecule is O=C1NC(=O)[C@H]2[C@H]3C=C[C@@H]([C@@H]4C(F)=C[C@@H]34)[C@@H]12. The fourth-order valence-corrected chi connectivity index (χ4v) is 3.90. The van der Waals surface area contributed by atoms with Gasteiger partial charge in [-0.2, -0.15) is 0 Å². The van der Waals surface area contributed by atoms with Gasteiger partial charge in [0, 0.05) is 5.92 Å². The third kappa shape index (κ3) is 0.740. The second-order valence-corrected chi connectivity index (χ2v) is 5.10. The topological polar surface area (TPSA) is 46.2 Å². The zero-order valence-corrected chi connectivity index (χ0v) is 8.39. The summed E-state index contributed by atoms with van der Waals surface area (Å²) in [7, 11) is 0. The zero-order valence-electron chi connectivity index (χ0n) is 8.39. The largest absolute Gasteiger partial charge is 0.296 e. The van der Waals surface area contributed by atoms with E-state index in [1.165, 1.54) is 0 Å². The molecule has 1 N–H and O–H groups in total. The first-order valence-electron chi connectivity index (χ1n) is 5.59. The molecule has 0 aromatic carbocycles. The van der Waals surface area contributed by atoms with Crippen molar-refractivity contribution in [3.8, 4) is 0 Å². The quantitative estimate of drug-likeness (QED) is 0.483. The molecule has 2 bridgehead atoms. The summed E-state index contributed by atoms with van der Waals surface area (Å²) in [5.41, 5.74) is 0. The van der Waals surface area contributed by atoms with Crippen LogP contribution in [0.1, 0.15) is 0 Å². The molecule has 5 rings (SSSR count). The van der Waals surface area contributed by atoms with Gasteiger partial charge in [-0.25, -0.2) is 4.39 Å². The molecule has 0 radical (unpaired) electrons. The highest BCUT2D eigenvalue weighted by Crippen LogP contribution is 2.60. The van der Waals surface area contributed by atoms with Crippen molar-refractivity contribution in [2.24, 2.45) is 35.5 Å². The van der Waals surface area contributed by atoms with Crippen LogP contribution in [0.15, 0.2) is 24.1 Å². The van der Waals surface area contributed by atoms with E-state index in [1.54, 1.807) is 6.08 Å². The number of hydrogen-bond donors (Lipinski definition) is 1. The summed E-state index contributed by atoms with van der Waals surface area (Å²) in [5.74, 6) is -1.18. The molecule has 3 nitrogen and oxygen atoms in total. The zero-order chi connectivity index (χ0) is 11.0. The van der Waals surface area contributed by atoms with Gasteiger partial charge < -0.3 is 0 Å². The molecule has 6 atom stereocenters. The van der Waals surface area contributed by atoms with E-state index >= 15 is 0 Å². The average molecular weight is 219 g/mol. The molecule has 2 fully saturated rings. The second kappa shape index (κ2) is 2.44. The predicted molar refractivity (Wildman–Crippen MR) is 52.4 cm³/mol. The van der Waals surface area contributed by atoms with Gasteiger partial charge in [-0.3, -0.25) is 14.9 Å². The minimum atomic E-state index is -0.330. The second-order valence-electron chi connectivity index (χ2n) is 5.10. The summed E-state index contributed by atoms with van der Waals surface area (Å²) < 4.78 is 13.4. The first kappa shape index (κ1) is 8.67. The van der Waals surface area contributed by atoms with Gasteiger partial charge in [0.15, 0.2) is 0 Å². The Morgan fingerprint density at radius 1 is 0.938 bits per heavy atom. The molecule has 1 heterocycles. The molecule has 0 unspecified atom stereocenters. The van der Waals surface area contributed by atoms with E-state index in [4.69, 9.17) is 0 Å². The molecule has 82 valence electrons. The normalized spacial score (nSPS) is 51.7. The van der Waals surface area contributed by atoms with Gasteiger partial charge >= 0.3 is 0 Å². The lowest BCUT2D eigenvalue weighted by Crippen LogP contribution is -2.52. The lowest BCUT2D eigenvalue weighted by Gasteiger charge is -2.52. The summed E-state index contributed by atoms with van der Waals surface area (Å²) in [6.07, 6.45) is 5.53. The van der Waals surface area contributed by atoms with Crippen LogP contribution in [0.3, 0.4) is 0 Å². The third-order valence-corrected chi connectivity index (χ3v) is 4.57.